The van der Waals surface area contributed by atoms with Gasteiger partial charge in [-0.05, 0) is 40.8 Å². The van der Waals surface area contributed by atoms with E-state index in [1.165, 1.54) is 32.1 Å². The standard InChI is InChI=1S/C16H21BrClN3/c1-11-5-3-2-4-6-14(11)21-15(7-8-18)20-13-9-12(17)10-19-16(13)21/h9-11,14H,2-8H2,1H3. The van der Waals surface area contributed by atoms with Gasteiger partial charge in [0.25, 0.3) is 0 Å². The Morgan fingerprint density at radius 3 is 2.95 bits per heavy atom. The molecule has 0 radical (unpaired) electrons. The Morgan fingerprint density at radius 1 is 1.33 bits per heavy atom. The minimum Gasteiger partial charge on any atom is -0.309 e. The highest BCUT2D eigenvalue weighted by atomic mass is 79.9. The molecule has 0 bridgehead atoms. The third kappa shape index (κ3) is 3.11. The van der Waals surface area contributed by atoms with Crippen molar-refractivity contribution in [1.82, 2.24) is 14.5 Å². The molecule has 5 heteroatoms. The average molecular weight is 371 g/mol. The minimum absolute atomic E-state index is 0.504. The van der Waals surface area contributed by atoms with Crippen molar-refractivity contribution in [2.45, 2.75) is 51.5 Å². The SMILES string of the molecule is CC1CCCCCC1n1c(CCCl)nc2cc(Br)cnc21. The third-order valence-electron chi connectivity index (χ3n) is 4.54. The summed E-state index contributed by atoms with van der Waals surface area (Å²) in [6, 6.07) is 2.56. The lowest BCUT2D eigenvalue weighted by Crippen LogP contribution is -2.19. The van der Waals surface area contributed by atoms with Gasteiger partial charge >= 0.3 is 0 Å². The quantitative estimate of drug-likeness (QED) is 0.555. The summed E-state index contributed by atoms with van der Waals surface area (Å²) in [5.74, 6) is 2.36. The molecule has 1 aliphatic carbocycles. The van der Waals surface area contributed by atoms with Crippen molar-refractivity contribution in [3.63, 3.8) is 0 Å². The molecular formula is C16H21BrClN3. The van der Waals surface area contributed by atoms with Gasteiger partial charge in [0.15, 0.2) is 5.65 Å². The highest BCUT2D eigenvalue weighted by Crippen LogP contribution is 2.35. The van der Waals surface area contributed by atoms with Gasteiger partial charge in [-0.1, -0.05) is 26.2 Å². The smallest absolute Gasteiger partial charge is 0.160 e. The summed E-state index contributed by atoms with van der Waals surface area (Å²) in [5.41, 5.74) is 1.98. The van der Waals surface area contributed by atoms with E-state index in [9.17, 15) is 0 Å². The average Bonchev–Trinajstić information content (AvgIpc) is 2.65. The molecule has 0 spiro atoms. The Morgan fingerprint density at radius 2 is 2.14 bits per heavy atom. The van der Waals surface area contributed by atoms with Gasteiger partial charge in [-0.3, -0.25) is 0 Å². The molecule has 2 aromatic heterocycles. The zero-order valence-electron chi connectivity index (χ0n) is 12.4. The normalized spacial score (nSPS) is 23.4. The van der Waals surface area contributed by atoms with Crippen molar-refractivity contribution in [3.8, 4) is 0 Å². The molecular weight excluding hydrogens is 350 g/mol. The molecule has 1 aliphatic rings. The first-order chi connectivity index (χ1) is 10.2. The predicted octanol–water partition coefficient (Wildman–Crippen LogP) is 5.12. The predicted molar refractivity (Wildman–Crippen MR) is 90.9 cm³/mol. The molecule has 2 atom stereocenters. The first kappa shape index (κ1) is 15.3. The van der Waals surface area contributed by atoms with E-state index in [1.54, 1.807) is 0 Å². The van der Waals surface area contributed by atoms with Gasteiger partial charge in [0, 0.05) is 29.0 Å². The second-order valence-corrected chi connectivity index (χ2v) is 7.31. The Kier molecular flexibility index (Phi) is 4.85. The number of aryl methyl sites for hydroxylation is 1. The fourth-order valence-corrected chi connectivity index (χ4v) is 3.96. The topological polar surface area (TPSA) is 30.7 Å². The van der Waals surface area contributed by atoms with E-state index in [0.29, 0.717) is 17.8 Å². The van der Waals surface area contributed by atoms with Gasteiger partial charge in [-0.2, -0.15) is 0 Å². The number of hydrogen-bond donors (Lipinski definition) is 0. The molecule has 21 heavy (non-hydrogen) atoms. The molecule has 0 N–H and O–H groups in total. The van der Waals surface area contributed by atoms with E-state index in [1.807, 2.05) is 6.20 Å². The number of fused-ring (bicyclic) bond motifs is 1. The Hall–Kier alpha value is -0.610. The van der Waals surface area contributed by atoms with Crippen molar-refractivity contribution in [2.24, 2.45) is 5.92 Å². The molecule has 114 valence electrons. The summed E-state index contributed by atoms with van der Waals surface area (Å²) < 4.78 is 3.35. The van der Waals surface area contributed by atoms with Gasteiger partial charge < -0.3 is 4.57 Å². The minimum atomic E-state index is 0.504. The van der Waals surface area contributed by atoms with Crippen LogP contribution in [0.15, 0.2) is 16.7 Å². The fraction of sp³-hybridized carbons (Fsp3) is 0.625. The monoisotopic (exact) mass is 369 g/mol. The summed E-state index contributed by atoms with van der Waals surface area (Å²) in [6.45, 7) is 2.37. The van der Waals surface area contributed by atoms with Crippen LogP contribution in [0, 0.1) is 5.92 Å². The Balaban J connectivity index is 2.11. The molecule has 0 saturated heterocycles. The van der Waals surface area contributed by atoms with Crippen LogP contribution < -0.4 is 0 Å². The molecule has 1 saturated carbocycles. The second kappa shape index (κ2) is 6.66. The van der Waals surface area contributed by atoms with Crippen molar-refractivity contribution in [3.05, 3.63) is 22.6 Å². The lowest BCUT2D eigenvalue weighted by atomic mass is 9.96. The van der Waals surface area contributed by atoms with Gasteiger partial charge in [-0.25, -0.2) is 9.97 Å². The van der Waals surface area contributed by atoms with Crippen LogP contribution in [0.2, 0.25) is 0 Å². The molecule has 2 heterocycles. The van der Waals surface area contributed by atoms with Gasteiger partial charge in [0.05, 0.1) is 0 Å². The maximum absolute atomic E-state index is 5.99. The van der Waals surface area contributed by atoms with Crippen LogP contribution in [-0.4, -0.2) is 20.4 Å². The zero-order chi connectivity index (χ0) is 14.8. The van der Waals surface area contributed by atoms with Crippen LogP contribution in [0.3, 0.4) is 0 Å². The van der Waals surface area contributed by atoms with E-state index >= 15 is 0 Å². The first-order valence-corrected chi connectivity index (χ1v) is 9.11. The second-order valence-electron chi connectivity index (χ2n) is 6.02. The number of alkyl halides is 1. The lowest BCUT2D eigenvalue weighted by molar-refractivity contribution is 0.332. The van der Waals surface area contributed by atoms with Crippen LogP contribution in [-0.2, 0) is 6.42 Å². The molecule has 0 aromatic carbocycles. The summed E-state index contributed by atoms with van der Waals surface area (Å²) in [4.78, 5) is 9.42. The van der Waals surface area contributed by atoms with Crippen LogP contribution in [0.5, 0.6) is 0 Å². The van der Waals surface area contributed by atoms with Crippen LogP contribution in [0.4, 0.5) is 0 Å². The molecule has 0 aliphatic heterocycles. The van der Waals surface area contributed by atoms with Gasteiger partial charge in [0.1, 0.15) is 11.3 Å². The zero-order valence-corrected chi connectivity index (χ0v) is 14.7. The Labute approximate surface area is 139 Å². The van der Waals surface area contributed by atoms with Crippen molar-refractivity contribution < 1.29 is 0 Å². The van der Waals surface area contributed by atoms with Crippen molar-refractivity contribution in [2.75, 3.05) is 5.88 Å². The number of aromatic nitrogens is 3. The van der Waals surface area contributed by atoms with Crippen LogP contribution >= 0.6 is 27.5 Å². The van der Waals surface area contributed by atoms with Gasteiger partial charge in [0.2, 0.25) is 0 Å². The molecule has 2 unspecified atom stereocenters. The van der Waals surface area contributed by atoms with E-state index in [-0.39, 0.29) is 0 Å². The summed E-state index contributed by atoms with van der Waals surface area (Å²) in [7, 11) is 0. The van der Waals surface area contributed by atoms with E-state index in [0.717, 1.165) is 27.9 Å². The highest BCUT2D eigenvalue weighted by molar-refractivity contribution is 9.10. The first-order valence-electron chi connectivity index (χ1n) is 7.79. The number of imidazole rings is 1. The van der Waals surface area contributed by atoms with Crippen LogP contribution in [0.25, 0.3) is 11.2 Å². The van der Waals surface area contributed by atoms with E-state index < -0.39 is 0 Å². The van der Waals surface area contributed by atoms with Crippen molar-refractivity contribution in [1.29, 1.82) is 0 Å². The Bertz CT molecular complexity index is 625. The maximum Gasteiger partial charge on any atom is 0.160 e. The molecule has 1 fully saturated rings. The molecule has 3 nitrogen and oxygen atoms in total. The van der Waals surface area contributed by atoms with E-state index in [2.05, 4.69) is 38.5 Å². The third-order valence-corrected chi connectivity index (χ3v) is 5.16. The molecule has 3 rings (SSSR count). The lowest BCUT2D eigenvalue weighted by Gasteiger charge is -2.25. The van der Waals surface area contributed by atoms with Crippen LogP contribution in [0.1, 0.15) is 50.9 Å². The maximum atomic E-state index is 5.99. The molecule has 2 aromatic rings. The van der Waals surface area contributed by atoms with Crippen molar-refractivity contribution >= 4 is 38.7 Å². The highest BCUT2D eigenvalue weighted by Gasteiger charge is 2.26. The summed E-state index contributed by atoms with van der Waals surface area (Å²) in [6.07, 6.45) is 9.17. The van der Waals surface area contributed by atoms with Gasteiger partial charge in [-0.15, -0.1) is 11.6 Å². The number of nitrogens with zero attached hydrogens (tertiary/aromatic N) is 3. The van der Waals surface area contributed by atoms with E-state index in [4.69, 9.17) is 16.6 Å². The number of rotatable bonds is 3. The largest absolute Gasteiger partial charge is 0.309 e. The number of halogens is 2. The summed E-state index contributed by atoms with van der Waals surface area (Å²) >= 11 is 9.48. The fourth-order valence-electron chi connectivity index (χ4n) is 3.47. The summed E-state index contributed by atoms with van der Waals surface area (Å²) in [5, 5.41) is 0. The number of pyridine rings is 1. The number of hydrogen-bond acceptors (Lipinski definition) is 2. The molecule has 0 amide bonds.